The van der Waals surface area contributed by atoms with Crippen LogP contribution in [0.15, 0.2) is 28.8 Å². The molecule has 3 amide bonds. The van der Waals surface area contributed by atoms with E-state index in [1.165, 1.54) is 31.2 Å². The lowest BCUT2D eigenvalue weighted by molar-refractivity contribution is -0.128. The number of unbranched alkanes of at least 4 members (excludes halogenated alkanes) is 1. The number of carbonyl (C=O) groups is 3. The number of phosphoric acid groups is 1. The van der Waals surface area contributed by atoms with Gasteiger partial charge in [-0.15, -0.1) is 0 Å². The molecule has 0 aliphatic rings. The van der Waals surface area contributed by atoms with Crippen LogP contribution in [0.2, 0.25) is 0 Å². The Kier molecular flexibility index (Phi) is 10.4. The minimum Gasteiger partial charge on any atom is -0.404 e. The molecule has 2 aromatic rings. The van der Waals surface area contributed by atoms with Crippen LogP contribution in [-0.4, -0.2) is 43.7 Å². The van der Waals surface area contributed by atoms with Gasteiger partial charge in [0.15, 0.2) is 5.82 Å². The topological polar surface area (TPSA) is 207 Å². The van der Waals surface area contributed by atoms with Gasteiger partial charge >= 0.3 is 7.82 Å². The number of phosphoric ester groups is 1. The molecular weight excluding hydrogens is 481 g/mol. The second-order valence-electron chi connectivity index (χ2n) is 7.90. The van der Waals surface area contributed by atoms with Crippen molar-refractivity contribution in [3.05, 3.63) is 41.5 Å². The van der Waals surface area contributed by atoms with Crippen LogP contribution in [0.3, 0.4) is 0 Å². The monoisotopic (exact) mass is 511 g/mol. The lowest BCUT2D eigenvalue weighted by Gasteiger charge is -2.21. The quantitative estimate of drug-likeness (QED) is 0.228. The van der Waals surface area contributed by atoms with Gasteiger partial charge < -0.3 is 25.4 Å². The molecule has 0 unspecified atom stereocenters. The first-order chi connectivity index (χ1) is 16.5. The largest absolute Gasteiger partial charge is 0.524 e. The fourth-order valence-corrected chi connectivity index (χ4v) is 3.57. The van der Waals surface area contributed by atoms with E-state index in [1.807, 2.05) is 6.92 Å². The number of amides is 3. The van der Waals surface area contributed by atoms with Crippen molar-refractivity contribution in [2.24, 2.45) is 5.73 Å². The van der Waals surface area contributed by atoms with E-state index in [0.29, 0.717) is 17.8 Å². The number of hydrogen-bond acceptors (Lipinski definition) is 8. The van der Waals surface area contributed by atoms with Gasteiger partial charge in [-0.3, -0.25) is 24.2 Å². The zero-order valence-corrected chi connectivity index (χ0v) is 20.4. The smallest absolute Gasteiger partial charge is 0.404 e. The third-order valence-electron chi connectivity index (χ3n) is 4.81. The van der Waals surface area contributed by atoms with Gasteiger partial charge in [-0.2, -0.15) is 4.98 Å². The number of primary amides is 1. The summed E-state index contributed by atoms with van der Waals surface area (Å²) in [5.41, 5.74) is 5.85. The number of nitrogens with two attached hydrogens (primary N) is 1. The van der Waals surface area contributed by atoms with Gasteiger partial charge in [0, 0.05) is 26.2 Å². The van der Waals surface area contributed by atoms with Gasteiger partial charge in [0.1, 0.15) is 17.8 Å². The van der Waals surface area contributed by atoms with Gasteiger partial charge in [-0.05, 0) is 30.5 Å². The van der Waals surface area contributed by atoms with Crippen LogP contribution in [0.4, 0.5) is 0 Å². The number of hydrogen-bond donors (Lipinski definition) is 5. The van der Waals surface area contributed by atoms with Gasteiger partial charge in [-0.1, -0.05) is 30.6 Å². The first-order valence-electron chi connectivity index (χ1n) is 11.0. The Balaban J connectivity index is 2.17. The fourth-order valence-electron chi connectivity index (χ4n) is 3.18. The molecule has 0 saturated carbocycles. The molecule has 0 fully saturated rings. The standard InChI is InChI=1S/C21H30N5O8P/c1-3-4-5-19-25-21(33-26-19)16(10-11-18(22)28)24-20(29)17(23-13(2)27)12-14-6-8-15(9-7-14)34-35(30,31)32/h6-9,16-17H,3-5,10-12H2,1-2H3,(H2,22,28)(H,23,27)(H,24,29)(H2,30,31,32)/t16-,17-/m0/s1. The summed E-state index contributed by atoms with van der Waals surface area (Å²) in [4.78, 5) is 58.3. The summed E-state index contributed by atoms with van der Waals surface area (Å²) < 4.78 is 20.8. The molecule has 192 valence electrons. The van der Waals surface area contributed by atoms with Crippen molar-refractivity contribution in [1.82, 2.24) is 20.8 Å². The van der Waals surface area contributed by atoms with E-state index in [-0.39, 0.29) is 30.9 Å². The van der Waals surface area contributed by atoms with E-state index in [9.17, 15) is 18.9 Å². The molecule has 0 aliphatic carbocycles. The summed E-state index contributed by atoms with van der Waals surface area (Å²) >= 11 is 0. The third kappa shape index (κ3) is 10.3. The van der Waals surface area contributed by atoms with Crippen LogP contribution in [0, 0.1) is 0 Å². The molecule has 1 aromatic heterocycles. The summed E-state index contributed by atoms with van der Waals surface area (Å²) in [6.07, 6.45) is 2.56. The van der Waals surface area contributed by atoms with Crippen LogP contribution < -0.4 is 20.9 Å². The van der Waals surface area contributed by atoms with E-state index < -0.39 is 37.6 Å². The molecule has 0 spiro atoms. The van der Waals surface area contributed by atoms with Crippen LogP contribution in [0.1, 0.15) is 62.9 Å². The van der Waals surface area contributed by atoms with Gasteiger partial charge in [0.05, 0.1) is 0 Å². The maximum Gasteiger partial charge on any atom is 0.524 e. The van der Waals surface area contributed by atoms with E-state index in [0.717, 1.165) is 12.8 Å². The summed E-state index contributed by atoms with van der Waals surface area (Å²) in [6.45, 7) is 3.29. The van der Waals surface area contributed by atoms with Gasteiger partial charge in [0.2, 0.25) is 23.6 Å². The maximum atomic E-state index is 13.1. The number of carbonyl (C=O) groups excluding carboxylic acids is 3. The lowest BCUT2D eigenvalue weighted by atomic mass is 10.0. The summed E-state index contributed by atoms with van der Waals surface area (Å²) in [5.74, 6) is -1.00. The van der Waals surface area contributed by atoms with E-state index in [4.69, 9.17) is 20.0 Å². The van der Waals surface area contributed by atoms with Crippen molar-refractivity contribution >= 4 is 25.5 Å². The molecule has 1 aromatic carbocycles. The Labute approximate surface area is 202 Å². The van der Waals surface area contributed by atoms with Crippen molar-refractivity contribution in [2.45, 2.75) is 64.5 Å². The van der Waals surface area contributed by atoms with Gasteiger partial charge in [-0.25, -0.2) is 4.57 Å². The molecule has 35 heavy (non-hydrogen) atoms. The van der Waals surface area contributed by atoms with Crippen molar-refractivity contribution in [3.8, 4) is 5.75 Å². The van der Waals surface area contributed by atoms with Crippen molar-refractivity contribution in [2.75, 3.05) is 0 Å². The second-order valence-corrected chi connectivity index (χ2v) is 9.07. The zero-order valence-electron chi connectivity index (χ0n) is 19.5. The predicted octanol–water partition coefficient (Wildman–Crippen LogP) is 1.05. The number of benzene rings is 1. The van der Waals surface area contributed by atoms with E-state index >= 15 is 0 Å². The minimum atomic E-state index is -4.70. The predicted molar refractivity (Wildman–Crippen MR) is 123 cm³/mol. The molecular formula is C21H30N5O8P. The average molecular weight is 511 g/mol. The highest BCUT2D eigenvalue weighted by molar-refractivity contribution is 7.46. The first kappa shape index (κ1) is 28.0. The molecule has 2 atom stereocenters. The van der Waals surface area contributed by atoms with E-state index in [2.05, 4.69) is 25.3 Å². The highest BCUT2D eigenvalue weighted by Gasteiger charge is 2.27. The maximum absolute atomic E-state index is 13.1. The lowest BCUT2D eigenvalue weighted by Crippen LogP contribution is -2.48. The molecule has 13 nitrogen and oxygen atoms in total. The van der Waals surface area contributed by atoms with Crippen LogP contribution in [-0.2, 0) is 31.8 Å². The van der Waals surface area contributed by atoms with E-state index in [1.54, 1.807) is 0 Å². The molecule has 0 bridgehead atoms. The molecule has 14 heteroatoms. The molecule has 6 N–H and O–H groups in total. The normalized spacial score (nSPS) is 13.0. The Morgan fingerprint density at radius 2 is 1.89 bits per heavy atom. The van der Waals surface area contributed by atoms with Crippen LogP contribution in [0.25, 0.3) is 0 Å². The van der Waals surface area contributed by atoms with Crippen LogP contribution in [0.5, 0.6) is 5.75 Å². The summed E-state index contributed by atoms with van der Waals surface area (Å²) in [7, 11) is -4.70. The molecule has 0 radical (unpaired) electrons. The number of nitrogens with zero attached hydrogens (tertiary/aromatic N) is 2. The first-order valence-corrected chi connectivity index (χ1v) is 12.5. The third-order valence-corrected chi connectivity index (χ3v) is 5.26. The Bertz CT molecular complexity index is 1050. The van der Waals surface area contributed by atoms with Crippen molar-refractivity contribution in [1.29, 1.82) is 0 Å². The number of rotatable bonds is 14. The van der Waals surface area contributed by atoms with Gasteiger partial charge in [0.25, 0.3) is 0 Å². The highest BCUT2D eigenvalue weighted by Crippen LogP contribution is 2.37. The molecule has 1 heterocycles. The summed E-state index contributed by atoms with van der Waals surface area (Å²) in [5, 5.41) is 9.22. The molecule has 2 rings (SSSR count). The fraction of sp³-hybridized carbons (Fsp3) is 0.476. The minimum absolute atomic E-state index is 0.0382. The number of aryl methyl sites for hydroxylation is 1. The zero-order chi connectivity index (χ0) is 26.0. The van der Waals surface area contributed by atoms with Crippen molar-refractivity contribution in [3.63, 3.8) is 0 Å². The summed E-state index contributed by atoms with van der Waals surface area (Å²) in [6, 6.07) is 3.89. The highest BCUT2D eigenvalue weighted by atomic mass is 31.2. The Morgan fingerprint density at radius 1 is 1.20 bits per heavy atom. The molecule has 0 saturated heterocycles. The molecule has 0 aliphatic heterocycles. The van der Waals surface area contributed by atoms with Crippen LogP contribution >= 0.6 is 7.82 Å². The Morgan fingerprint density at radius 3 is 2.46 bits per heavy atom. The number of nitrogens with one attached hydrogen (secondary N) is 2. The number of aromatic nitrogens is 2. The second kappa shape index (κ2) is 13.0. The van der Waals surface area contributed by atoms with Crippen molar-refractivity contribution < 1.29 is 37.8 Å². The Hall–Kier alpha value is -3.28. The average Bonchev–Trinajstić information content (AvgIpc) is 3.23. The SMILES string of the molecule is CCCCc1noc([C@H](CCC(N)=O)NC(=O)[C@H](Cc2ccc(OP(=O)(O)O)cc2)NC(C)=O)n1.